The van der Waals surface area contributed by atoms with Gasteiger partial charge in [0.05, 0.1) is 11.9 Å². The monoisotopic (exact) mass is 338 g/mol. The lowest BCUT2D eigenvalue weighted by molar-refractivity contribution is 0.0289. The molecule has 1 spiro atoms. The van der Waals surface area contributed by atoms with Gasteiger partial charge < -0.3 is 9.47 Å². The fourth-order valence-corrected chi connectivity index (χ4v) is 4.52. The summed E-state index contributed by atoms with van der Waals surface area (Å²) >= 11 is 0. The van der Waals surface area contributed by atoms with Crippen molar-refractivity contribution in [3.8, 4) is 0 Å². The minimum absolute atomic E-state index is 0.0123. The van der Waals surface area contributed by atoms with Gasteiger partial charge in [-0.3, -0.25) is 9.69 Å². The summed E-state index contributed by atoms with van der Waals surface area (Å²) < 4.78 is 1.85. The summed E-state index contributed by atoms with van der Waals surface area (Å²) in [7, 11) is 1.91. The molecule has 3 heterocycles. The topological polar surface area (TPSA) is 41.4 Å². The average Bonchev–Trinajstić information content (AvgIpc) is 3.22. The molecule has 2 fully saturated rings. The first-order valence-electron chi connectivity index (χ1n) is 9.23. The van der Waals surface area contributed by atoms with E-state index in [0.29, 0.717) is 5.69 Å². The Labute approximate surface area is 149 Å². The molecule has 2 saturated heterocycles. The van der Waals surface area contributed by atoms with Gasteiger partial charge in [-0.15, -0.1) is 0 Å². The van der Waals surface area contributed by atoms with E-state index in [1.807, 2.05) is 17.8 Å². The van der Waals surface area contributed by atoms with Crippen molar-refractivity contribution < 1.29 is 4.79 Å². The second kappa shape index (κ2) is 6.64. The molecular formula is C20H26N4O. The number of carbonyl (C=O) groups is 1. The van der Waals surface area contributed by atoms with Gasteiger partial charge in [0.25, 0.3) is 5.91 Å². The van der Waals surface area contributed by atoms with Crippen LogP contribution in [0.25, 0.3) is 0 Å². The zero-order chi connectivity index (χ0) is 17.3. The molecule has 1 aromatic carbocycles. The molecule has 0 bridgehead atoms. The molecule has 0 saturated carbocycles. The minimum Gasteiger partial charge on any atom is -0.340 e. The van der Waals surface area contributed by atoms with Gasteiger partial charge in [0, 0.05) is 32.9 Å². The Kier molecular flexibility index (Phi) is 4.34. The van der Waals surface area contributed by atoms with E-state index < -0.39 is 0 Å². The normalized spacial score (nSPS) is 24.1. The van der Waals surface area contributed by atoms with Gasteiger partial charge in [0.1, 0.15) is 5.69 Å². The molecule has 25 heavy (non-hydrogen) atoms. The lowest BCUT2D eigenvalue weighted by Crippen LogP contribution is -2.57. The van der Waals surface area contributed by atoms with Crippen LogP contribution in [0.1, 0.15) is 41.7 Å². The van der Waals surface area contributed by atoms with Crippen LogP contribution in [0.2, 0.25) is 0 Å². The maximum Gasteiger partial charge on any atom is 0.274 e. The van der Waals surface area contributed by atoms with Gasteiger partial charge in [-0.2, -0.15) is 0 Å². The van der Waals surface area contributed by atoms with Gasteiger partial charge in [-0.1, -0.05) is 30.3 Å². The number of carbonyl (C=O) groups excluding carboxylic acids is 1. The predicted octanol–water partition coefficient (Wildman–Crippen LogP) is 2.69. The van der Waals surface area contributed by atoms with Gasteiger partial charge >= 0.3 is 0 Å². The van der Waals surface area contributed by atoms with Crippen LogP contribution in [0.5, 0.6) is 0 Å². The second-order valence-corrected chi connectivity index (χ2v) is 7.51. The summed E-state index contributed by atoms with van der Waals surface area (Å²) in [6.45, 7) is 3.91. The van der Waals surface area contributed by atoms with Crippen LogP contribution in [0.3, 0.4) is 0 Å². The highest BCUT2D eigenvalue weighted by Crippen LogP contribution is 2.38. The molecule has 5 heteroatoms. The van der Waals surface area contributed by atoms with Gasteiger partial charge in [0.15, 0.2) is 0 Å². The summed E-state index contributed by atoms with van der Waals surface area (Å²) in [5.41, 5.74) is 1.91. The molecule has 2 aliphatic rings. The molecule has 0 radical (unpaired) electrons. The van der Waals surface area contributed by atoms with Crippen molar-refractivity contribution in [2.45, 2.75) is 37.8 Å². The standard InChI is InChI=1S/C20H26N4O/c1-22-14-18(21-16-22)19(25)24-12-6-10-20(24)9-5-11-23(15-20)13-17-7-3-2-4-8-17/h2-4,7-8,14,16H,5-6,9-13,15H2,1H3. The van der Waals surface area contributed by atoms with E-state index >= 15 is 0 Å². The van der Waals surface area contributed by atoms with Crippen molar-refractivity contribution in [3.05, 3.63) is 54.1 Å². The highest BCUT2D eigenvalue weighted by molar-refractivity contribution is 5.93. The summed E-state index contributed by atoms with van der Waals surface area (Å²) in [6.07, 6.45) is 8.00. The number of piperidine rings is 1. The minimum atomic E-state index is -0.0123. The van der Waals surface area contributed by atoms with Crippen LogP contribution in [-0.4, -0.2) is 50.4 Å². The fraction of sp³-hybridized carbons (Fsp3) is 0.500. The quantitative estimate of drug-likeness (QED) is 0.864. The molecule has 1 amide bonds. The molecule has 1 atom stereocenters. The molecule has 0 N–H and O–H groups in total. The highest BCUT2D eigenvalue weighted by Gasteiger charge is 2.46. The number of aryl methyl sites for hydroxylation is 1. The van der Waals surface area contributed by atoms with Crippen molar-refractivity contribution >= 4 is 5.91 Å². The predicted molar refractivity (Wildman–Crippen MR) is 97.2 cm³/mol. The first-order chi connectivity index (χ1) is 12.2. The largest absolute Gasteiger partial charge is 0.340 e. The number of hydrogen-bond donors (Lipinski definition) is 0. The zero-order valence-electron chi connectivity index (χ0n) is 14.9. The third-order valence-electron chi connectivity index (χ3n) is 5.65. The van der Waals surface area contributed by atoms with E-state index in [1.54, 1.807) is 6.33 Å². The Morgan fingerprint density at radius 3 is 2.64 bits per heavy atom. The van der Waals surface area contributed by atoms with Crippen LogP contribution >= 0.6 is 0 Å². The van der Waals surface area contributed by atoms with Crippen LogP contribution in [0.15, 0.2) is 42.9 Å². The van der Waals surface area contributed by atoms with Crippen molar-refractivity contribution in [1.29, 1.82) is 0 Å². The number of amides is 1. The maximum atomic E-state index is 13.0. The molecule has 1 unspecified atom stereocenters. The third-order valence-corrected chi connectivity index (χ3v) is 5.65. The molecule has 4 rings (SSSR count). The Hall–Kier alpha value is -2.14. The second-order valence-electron chi connectivity index (χ2n) is 7.51. The number of aromatic nitrogens is 2. The average molecular weight is 338 g/mol. The van der Waals surface area contributed by atoms with Crippen LogP contribution < -0.4 is 0 Å². The fourth-order valence-electron chi connectivity index (χ4n) is 4.52. The molecule has 132 valence electrons. The number of benzene rings is 1. The van der Waals surface area contributed by atoms with Crippen molar-refractivity contribution in [2.75, 3.05) is 19.6 Å². The molecule has 0 aliphatic carbocycles. The summed E-state index contributed by atoms with van der Waals surface area (Å²) in [5, 5.41) is 0. The number of rotatable bonds is 3. The van der Waals surface area contributed by atoms with Gasteiger partial charge in [-0.25, -0.2) is 4.98 Å². The van der Waals surface area contributed by atoms with E-state index in [4.69, 9.17) is 0 Å². The van der Waals surface area contributed by atoms with E-state index in [9.17, 15) is 4.79 Å². The molecule has 2 aromatic rings. The number of hydrogen-bond acceptors (Lipinski definition) is 3. The lowest BCUT2D eigenvalue weighted by Gasteiger charge is -2.46. The Morgan fingerprint density at radius 1 is 1.16 bits per heavy atom. The van der Waals surface area contributed by atoms with Gasteiger partial charge in [0.2, 0.25) is 0 Å². The van der Waals surface area contributed by atoms with Crippen molar-refractivity contribution in [3.63, 3.8) is 0 Å². The van der Waals surface area contributed by atoms with E-state index in [0.717, 1.165) is 51.9 Å². The van der Waals surface area contributed by atoms with E-state index in [-0.39, 0.29) is 11.4 Å². The molecule has 2 aliphatic heterocycles. The first kappa shape index (κ1) is 16.3. The number of imidazole rings is 1. The van der Waals surface area contributed by atoms with Crippen LogP contribution in [0, 0.1) is 0 Å². The maximum absolute atomic E-state index is 13.0. The van der Waals surface area contributed by atoms with E-state index in [1.165, 1.54) is 5.56 Å². The smallest absolute Gasteiger partial charge is 0.274 e. The summed E-state index contributed by atoms with van der Waals surface area (Å²) in [6, 6.07) is 10.6. The SMILES string of the molecule is Cn1cnc(C(=O)N2CCCC23CCCN(Cc2ccccc2)C3)c1. The lowest BCUT2D eigenvalue weighted by atomic mass is 9.86. The van der Waals surface area contributed by atoms with E-state index in [2.05, 4.69) is 45.1 Å². The van der Waals surface area contributed by atoms with Crippen molar-refractivity contribution in [1.82, 2.24) is 19.4 Å². The third kappa shape index (κ3) is 3.21. The molecule has 1 aromatic heterocycles. The van der Waals surface area contributed by atoms with Crippen LogP contribution in [-0.2, 0) is 13.6 Å². The number of nitrogens with zero attached hydrogens (tertiary/aromatic N) is 4. The summed E-state index contributed by atoms with van der Waals surface area (Å²) in [5.74, 6) is 0.0969. The van der Waals surface area contributed by atoms with Gasteiger partial charge in [-0.05, 0) is 37.8 Å². The first-order valence-corrected chi connectivity index (χ1v) is 9.23. The Bertz CT molecular complexity index is 741. The summed E-state index contributed by atoms with van der Waals surface area (Å²) in [4.78, 5) is 21.9. The highest BCUT2D eigenvalue weighted by atomic mass is 16.2. The Morgan fingerprint density at radius 2 is 1.92 bits per heavy atom. The van der Waals surface area contributed by atoms with Crippen LogP contribution in [0.4, 0.5) is 0 Å². The Balaban J connectivity index is 1.52. The molecular weight excluding hydrogens is 312 g/mol. The number of likely N-dealkylation sites (tertiary alicyclic amines) is 2. The zero-order valence-corrected chi connectivity index (χ0v) is 14.9. The molecule has 5 nitrogen and oxygen atoms in total. The van der Waals surface area contributed by atoms with Crippen molar-refractivity contribution in [2.24, 2.45) is 7.05 Å².